The van der Waals surface area contributed by atoms with Crippen molar-refractivity contribution in [3.63, 3.8) is 0 Å². The summed E-state index contributed by atoms with van der Waals surface area (Å²) in [5.74, 6) is 0.601. The molecule has 166 valence electrons. The van der Waals surface area contributed by atoms with Gasteiger partial charge in [-0.25, -0.2) is 4.98 Å². The number of quaternary nitrogens is 1. The molecule has 0 aliphatic heterocycles. The second-order valence-corrected chi connectivity index (χ2v) is 8.43. The highest BCUT2D eigenvalue weighted by molar-refractivity contribution is 5.86. The minimum Gasteiger partial charge on any atom is -0.471 e. The predicted molar refractivity (Wildman–Crippen MR) is 130 cm³/mol. The quantitative estimate of drug-likeness (QED) is 0.404. The molecular weight excluding hydrogens is 398 g/mol. The zero-order valence-corrected chi connectivity index (χ0v) is 19.1. The molecule has 0 amide bonds. The summed E-state index contributed by atoms with van der Waals surface area (Å²) in [6, 6.07) is 21.5. The molecule has 0 saturated heterocycles. The van der Waals surface area contributed by atoms with Crippen molar-refractivity contribution in [3.05, 3.63) is 72.6 Å². The van der Waals surface area contributed by atoms with Crippen molar-refractivity contribution in [1.82, 2.24) is 14.5 Å². The molecule has 0 bridgehead atoms. The normalized spacial score (nSPS) is 12.3. The van der Waals surface area contributed by atoms with Gasteiger partial charge >= 0.3 is 0 Å². The average molecular weight is 431 g/mol. The van der Waals surface area contributed by atoms with Crippen LogP contribution in [-0.4, -0.2) is 27.2 Å². The molecule has 4 N–H and O–H groups in total. The number of ether oxygens (including phenoxy) is 1. The fraction of sp³-hybridized carbons (Fsp3) is 0.308. The number of nitrogens with one attached hydrogen (secondary N) is 1. The van der Waals surface area contributed by atoms with E-state index in [9.17, 15) is 0 Å². The molecule has 2 heterocycles. The first kappa shape index (κ1) is 21.8. The summed E-state index contributed by atoms with van der Waals surface area (Å²) in [5, 5.41) is 3.55. The summed E-state index contributed by atoms with van der Waals surface area (Å²) in [5.41, 5.74) is 10.4. The highest BCUT2D eigenvalue weighted by Crippen LogP contribution is 2.28. The van der Waals surface area contributed by atoms with E-state index in [1.54, 1.807) is 0 Å². The molecule has 1 atom stereocenters. The number of pyridine rings is 1. The number of anilines is 1. The smallest absolute Gasteiger partial charge is 0.217 e. The third-order valence-electron chi connectivity index (χ3n) is 5.65. The van der Waals surface area contributed by atoms with E-state index in [0.717, 1.165) is 23.3 Å². The molecule has 6 nitrogen and oxygen atoms in total. The minimum atomic E-state index is 0.238. The fourth-order valence-electron chi connectivity index (χ4n) is 3.53. The average Bonchev–Trinajstić information content (AvgIpc) is 3.26. The largest absolute Gasteiger partial charge is 0.471 e. The van der Waals surface area contributed by atoms with Gasteiger partial charge in [-0.3, -0.25) is 0 Å². The van der Waals surface area contributed by atoms with Gasteiger partial charge in [0.2, 0.25) is 5.88 Å². The molecule has 0 saturated carbocycles. The van der Waals surface area contributed by atoms with Crippen LogP contribution in [0.1, 0.15) is 38.8 Å². The maximum absolute atomic E-state index is 5.97. The monoisotopic (exact) mass is 430 g/mol. The fourth-order valence-corrected chi connectivity index (χ4v) is 3.53. The van der Waals surface area contributed by atoms with Crippen LogP contribution >= 0.6 is 0 Å². The van der Waals surface area contributed by atoms with Crippen LogP contribution in [0.5, 0.6) is 5.88 Å². The zero-order chi connectivity index (χ0) is 22.5. The molecule has 0 spiro atoms. The molecule has 32 heavy (non-hydrogen) atoms. The van der Waals surface area contributed by atoms with E-state index < -0.39 is 0 Å². The van der Waals surface area contributed by atoms with Crippen LogP contribution in [0.3, 0.4) is 0 Å². The van der Waals surface area contributed by atoms with Crippen molar-refractivity contribution in [1.29, 1.82) is 0 Å². The number of aromatic nitrogens is 3. The Bertz CT molecular complexity index is 1150. The molecule has 0 radical (unpaired) electrons. The standard InChI is InChI=1S/C26H31N5O/c1-4-22(27)16-32-24-14-23(25-26(30-24)31(17-29-25)18(2)3)28-15-19-10-12-21(13-11-19)20-8-6-5-7-9-20/h5-14,17-18,22H,4,15-16,27H2,1-3H3,(H,28,30)/p+1/t22-/m0/s1. The Morgan fingerprint density at radius 1 is 1.03 bits per heavy atom. The number of hydrogen-bond donors (Lipinski definition) is 2. The lowest BCUT2D eigenvalue weighted by atomic mass is 10.0. The van der Waals surface area contributed by atoms with Crippen LogP contribution in [0.4, 0.5) is 5.69 Å². The Kier molecular flexibility index (Phi) is 6.71. The topological polar surface area (TPSA) is 79.6 Å². The Labute approximate surface area is 189 Å². The first-order valence-electron chi connectivity index (χ1n) is 11.3. The first-order valence-corrected chi connectivity index (χ1v) is 11.3. The van der Waals surface area contributed by atoms with E-state index in [0.29, 0.717) is 19.0 Å². The molecular formula is C26H32N5O+. The summed E-state index contributed by atoms with van der Waals surface area (Å²) in [4.78, 5) is 9.36. The molecule has 6 heteroatoms. The van der Waals surface area contributed by atoms with Crippen LogP contribution in [0.25, 0.3) is 22.3 Å². The van der Waals surface area contributed by atoms with Crippen LogP contribution < -0.4 is 15.8 Å². The summed E-state index contributed by atoms with van der Waals surface area (Å²) in [6.45, 7) is 7.60. The Balaban J connectivity index is 1.56. The van der Waals surface area contributed by atoms with Gasteiger partial charge in [-0.2, -0.15) is 4.98 Å². The van der Waals surface area contributed by atoms with Crippen LogP contribution in [-0.2, 0) is 6.54 Å². The Morgan fingerprint density at radius 2 is 1.75 bits per heavy atom. The van der Waals surface area contributed by atoms with E-state index in [4.69, 9.17) is 9.72 Å². The van der Waals surface area contributed by atoms with E-state index in [-0.39, 0.29) is 12.1 Å². The van der Waals surface area contributed by atoms with Gasteiger partial charge in [0.1, 0.15) is 18.2 Å². The Hall–Kier alpha value is -3.38. The molecule has 4 aromatic rings. The lowest BCUT2D eigenvalue weighted by Gasteiger charge is -2.13. The number of nitrogens with zero attached hydrogens (tertiary/aromatic N) is 3. The third kappa shape index (κ3) is 4.92. The Morgan fingerprint density at radius 3 is 2.44 bits per heavy atom. The first-order chi connectivity index (χ1) is 15.5. The summed E-state index contributed by atoms with van der Waals surface area (Å²) in [7, 11) is 0. The summed E-state index contributed by atoms with van der Waals surface area (Å²) < 4.78 is 8.05. The van der Waals surface area contributed by atoms with Crippen molar-refractivity contribution in [2.75, 3.05) is 11.9 Å². The number of rotatable bonds is 9. The van der Waals surface area contributed by atoms with Gasteiger partial charge in [0.25, 0.3) is 0 Å². The van der Waals surface area contributed by atoms with Gasteiger partial charge < -0.3 is 20.4 Å². The van der Waals surface area contributed by atoms with Crippen molar-refractivity contribution < 1.29 is 10.5 Å². The highest BCUT2D eigenvalue weighted by atomic mass is 16.5. The van der Waals surface area contributed by atoms with Crippen LogP contribution in [0, 0.1) is 0 Å². The van der Waals surface area contributed by atoms with Gasteiger partial charge in [0.15, 0.2) is 5.65 Å². The van der Waals surface area contributed by atoms with Gasteiger partial charge in [0, 0.05) is 18.7 Å². The predicted octanol–water partition coefficient (Wildman–Crippen LogP) is 4.69. The van der Waals surface area contributed by atoms with E-state index in [1.165, 1.54) is 16.7 Å². The van der Waals surface area contributed by atoms with Crippen molar-refractivity contribution in [3.8, 4) is 17.0 Å². The minimum absolute atomic E-state index is 0.238. The molecule has 0 unspecified atom stereocenters. The molecule has 2 aromatic carbocycles. The molecule has 0 aliphatic rings. The zero-order valence-electron chi connectivity index (χ0n) is 19.1. The van der Waals surface area contributed by atoms with Crippen molar-refractivity contribution in [2.45, 2.75) is 45.8 Å². The molecule has 0 fully saturated rings. The second-order valence-electron chi connectivity index (χ2n) is 8.43. The lowest BCUT2D eigenvalue weighted by Crippen LogP contribution is -2.63. The van der Waals surface area contributed by atoms with Gasteiger partial charge in [0.05, 0.1) is 12.0 Å². The van der Waals surface area contributed by atoms with Crippen LogP contribution in [0.2, 0.25) is 0 Å². The number of benzene rings is 2. The number of imidazole rings is 1. The molecule has 4 rings (SSSR count). The molecule has 2 aromatic heterocycles. The highest BCUT2D eigenvalue weighted by Gasteiger charge is 2.15. The van der Waals surface area contributed by atoms with Gasteiger partial charge in [-0.15, -0.1) is 0 Å². The van der Waals surface area contributed by atoms with Crippen molar-refractivity contribution in [2.24, 2.45) is 0 Å². The lowest BCUT2D eigenvalue weighted by molar-refractivity contribution is -0.424. The van der Waals surface area contributed by atoms with E-state index >= 15 is 0 Å². The number of hydrogen-bond acceptors (Lipinski definition) is 4. The SMILES string of the molecule is CC[C@H]([NH3+])COc1cc(NCc2ccc(-c3ccccc3)cc2)c2ncn(C(C)C)c2n1. The van der Waals surface area contributed by atoms with Crippen LogP contribution in [0.15, 0.2) is 67.0 Å². The maximum Gasteiger partial charge on any atom is 0.217 e. The van der Waals surface area contributed by atoms with Gasteiger partial charge in [-0.05, 0) is 37.0 Å². The summed E-state index contributed by atoms with van der Waals surface area (Å²) >= 11 is 0. The van der Waals surface area contributed by atoms with Gasteiger partial charge in [-0.1, -0.05) is 61.5 Å². The third-order valence-corrected chi connectivity index (χ3v) is 5.65. The van der Waals surface area contributed by atoms with E-state index in [1.807, 2.05) is 18.5 Å². The maximum atomic E-state index is 5.97. The molecule has 0 aliphatic carbocycles. The summed E-state index contributed by atoms with van der Waals surface area (Å²) in [6.07, 6.45) is 2.82. The van der Waals surface area contributed by atoms with E-state index in [2.05, 4.69) is 89.9 Å². The number of fused-ring (bicyclic) bond motifs is 1. The van der Waals surface area contributed by atoms with Crippen molar-refractivity contribution >= 4 is 16.9 Å². The second kappa shape index (κ2) is 9.83.